The number of anilines is 2. The molecule has 0 radical (unpaired) electrons. The van der Waals surface area contributed by atoms with Gasteiger partial charge in [-0.05, 0) is 25.7 Å². The molecule has 2 fully saturated rings. The van der Waals surface area contributed by atoms with Gasteiger partial charge in [0.1, 0.15) is 0 Å². The van der Waals surface area contributed by atoms with Gasteiger partial charge in [-0.2, -0.15) is 10.1 Å². The standard InChI is InChI=1S/C13H21N5O/c1-2-5-10(4-1)16-12-9-15-18-13(17-12)14-8-11-6-3-7-19-11/h9-11H,1-8H2,(H2,14,16,17,18). The predicted octanol–water partition coefficient (Wildman–Crippen LogP) is 1.82. The second-order valence-corrected chi connectivity index (χ2v) is 5.31. The minimum Gasteiger partial charge on any atom is -0.376 e. The number of rotatable bonds is 5. The van der Waals surface area contributed by atoms with E-state index in [9.17, 15) is 0 Å². The van der Waals surface area contributed by atoms with Crippen LogP contribution in [0, 0.1) is 0 Å². The van der Waals surface area contributed by atoms with E-state index in [1.165, 1.54) is 25.7 Å². The van der Waals surface area contributed by atoms with Gasteiger partial charge in [0.25, 0.3) is 0 Å². The van der Waals surface area contributed by atoms with Crippen LogP contribution in [-0.2, 0) is 4.74 Å². The summed E-state index contributed by atoms with van der Waals surface area (Å²) in [6.07, 6.45) is 9.30. The Morgan fingerprint density at radius 2 is 2.11 bits per heavy atom. The lowest BCUT2D eigenvalue weighted by atomic mass is 10.2. The van der Waals surface area contributed by atoms with Crippen molar-refractivity contribution in [2.24, 2.45) is 0 Å². The average molecular weight is 263 g/mol. The molecule has 1 saturated heterocycles. The van der Waals surface area contributed by atoms with E-state index < -0.39 is 0 Å². The van der Waals surface area contributed by atoms with E-state index in [-0.39, 0.29) is 6.10 Å². The van der Waals surface area contributed by atoms with Crippen molar-refractivity contribution in [1.29, 1.82) is 0 Å². The third-order valence-electron chi connectivity index (χ3n) is 3.78. The highest BCUT2D eigenvalue weighted by molar-refractivity contribution is 5.38. The number of nitrogens with zero attached hydrogens (tertiary/aromatic N) is 3. The summed E-state index contributed by atoms with van der Waals surface area (Å²) in [5, 5.41) is 14.6. The summed E-state index contributed by atoms with van der Waals surface area (Å²) in [4.78, 5) is 4.45. The van der Waals surface area contributed by atoms with E-state index in [4.69, 9.17) is 4.74 Å². The van der Waals surface area contributed by atoms with Crippen molar-refractivity contribution in [2.45, 2.75) is 50.7 Å². The number of ether oxygens (including phenoxy) is 1. The molecule has 2 aliphatic rings. The molecule has 0 spiro atoms. The third kappa shape index (κ3) is 3.53. The van der Waals surface area contributed by atoms with E-state index >= 15 is 0 Å². The molecule has 19 heavy (non-hydrogen) atoms. The molecule has 1 aromatic rings. The third-order valence-corrected chi connectivity index (χ3v) is 3.78. The van der Waals surface area contributed by atoms with E-state index in [2.05, 4.69) is 25.8 Å². The lowest BCUT2D eigenvalue weighted by Crippen LogP contribution is -2.21. The van der Waals surface area contributed by atoms with Crippen molar-refractivity contribution in [3.63, 3.8) is 0 Å². The topological polar surface area (TPSA) is 72.0 Å². The van der Waals surface area contributed by atoms with E-state index in [0.717, 1.165) is 31.8 Å². The Hall–Kier alpha value is -1.43. The van der Waals surface area contributed by atoms with Crippen LogP contribution in [-0.4, -0.2) is 40.5 Å². The Morgan fingerprint density at radius 3 is 2.89 bits per heavy atom. The van der Waals surface area contributed by atoms with Crippen LogP contribution in [0.4, 0.5) is 11.8 Å². The summed E-state index contributed by atoms with van der Waals surface area (Å²) in [5.74, 6) is 1.40. The first kappa shape index (κ1) is 12.6. The first-order valence-corrected chi connectivity index (χ1v) is 7.22. The van der Waals surface area contributed by atoms with Gasteiger partial charge in [-0.3, -0.25) is 0 Å². The van der Waals surface area contributed by atoms with E-state index in [1.54, 1.807) is 6.20 Å². The van der Waals surface area contributed by atoms with E-state index in [0.29, 0.717) is 12.0 Å². The highest BCUT2D eigenvalue weighted by Gasteiger charge is 2.17. The van der Waals surface area contributed by atoms with Crippen molar-refractivity contribution < 1.29 is 4.74 Å². The van der Waals surface area contributed by atoms with Gasteiger partial charge in [-0.15, -0.1) is 5.10 Å². The van der Waals surface area contributed by atoms with Gasteiger partial charge in [-0.25, -0.2) is 0 Å². The first-order valence-electron chi connectivity index (χ1n) is 7.22. The monoisotopic (exact) mass is 263 g/mol. The summed E-state index contributed by atoms with van der Waals surface area (Å²) in [5.41, 5.74) is 0. The molecule has 1 aliphatic carbocycles. The molecule has 2 N–H and O–H groups in total. The van der Waals surface area contributed by atoms with Crippen LogP contribution < -0.4 is 10.6 Å². The Kier molecular flexibility index (Phi) is 4.07. The molecule has 2 heterocycles. The summed E-state index contributed by atoms with van der Waals surface area (Å²) in [6.45, 7) is 1.63. The number of hydrogen-bond donors (Lipinski definition) is 2. The zero-order chi connectivity index (χ0) is 12.9. The minimum absolute atomic E-state index is 0.287. The van der Waals surface area contributed by atoms with Crippen molar-refractivity contribution in [1.82, 2.24) is 15.2 Å². The largest absolute Gasteiger partial charge is 0.376 e. The van der Waals surface area contributed by atoms with Crippen molar-refractivity contribution in [2.75, 3.05) is 23.8 Å². The SMILES string of the molecule is c1nnc(NCC2CCCO2)nc1NC1CCCC1. The molecule has 104 valence electrons. The molecule has 3 rings (SSSR count). The summed E-state index contributed by atoms with van der Waals surface area (Å²) in [6, 6.07) is 0.544. The molecule has 1 aliphatic heterocycles. The normalized spacial score (nSPS) is 23.7. The van der Waals surface area contributed by atoms with Gasteiger partial charge in [0, 0.05) is 19.2 Å². The molecular formula is C13H21N5O. The lowest BCUT2D eigenvalue weighted by Gasteiger charge is -2.13. The van der Waals surface area contributed by atoms with Gasteiger partial charge in [0.2, 0.25) is 5.95 Å². The van der Waals surface area contributed by atoms with Gasteiger partial charge in [-0.1, -0.05) is 12.8 Å². The summed E-state index contributed by atoms with van der Waals surface area (Å²) >= 11 is 0. The fourth-order valence-corrected chi connectivity index (χ4v) is 2.74. The van der Waals surface area contributed by atoms with Gasteiger partial charge in [0.15, 0.2) is 5.82 Å². The van der Waals surface area contributed by atoms with Gasteiger partial charge >= 0.3 is 0 Å². The van der Waals surface area contributed by atoms with E-state index in [1.807, 2.05) is 0 Å². The second-order valence-electron chi connectivity index (χ2n) is 5.31. The van der Waals surface area contributed by atoms with Crippen LogP contribution in [0.5, 0.6) is 0 Å². The molecule has 6 heteroatoms. The highest BCUT2D eigenvalue weighted by atomic mass is 16.5. The molecule has 1 saturated carbocycles. The zero-order valence-corrected chi connectivity index (χ0v) is 11.1. The molecule has 0 aromatic carbocycles. The Balaban J connectivity index is 1.52. The van der Waals surface area contributed by atoms with Crippen LogP contribution in [0.25, 0.3) is 0 Å². The summed E-state index contributed by atoms with van der Waals surface area (Å²) < 4.78 is 5.56. The lowest BCUT2D eigenvalue weighted by molar-refractivity contribution is 0.120. The van der Waals surface area contributed by atoms with Gasteiger partial charge in [0.05, 0.1) is 12.3 Å². The van der Waals surface area contributed by atoms with Gasteiger partial charge < -0.3 is 15.4 Å². The molecule has 0 amide bonds. The molecule has 1 unspecified atom stereocenters. The van der Waals surface area contributed by atoms with Crippen LogP contribution in [0.2, 0.25) is 0 Å². The van der Waals surface area contributed by atoms with Crippen molar-refractivity contribution in [3.8, 4) is 0 Å². The number of aromatic nitrogens is 3. The smallest absolute Gasteiger partial charge is 0.244 e. The fourth-order valence-electron chi connectivity index (χ4n) is 2.74. The Morgan fingerprint density at radius 1 is 1.21 bits per heavy atom. The molecule has 1 aromatic heterocycles. The number of hydrogen-bond acceptors (Lipinski definition) is 6. The number of nitrogens with one attached hydrogen (secondary N) is 2. The maximum absolute atomic E-state index is 5.56. The quantitative estimate of drug-likeness (QED) is 0.844. The molecule has 1 atom stereocenters. The predicted molar refractivity (Wildman–Crippen MR) is 73.2 cm³/mol. The maximum atomic E-state index is 5.56. The fraction of sp³-hybridized carbons (Fsp3) is 0.769. The highest BCUT2D eigenvalue weighted by Crippen LogP contribution is 2.21. The van der Waals surface area contributed by atoms with Crippen LogP contribution in [0.15, 0.2) is 6.20 Å². The Labute approximate surface area is 113 Å². The Bertz CT molecular complexity index is 402. The van der Waals surface area contributed by atoms with Crippen molar-refractivity contribution in [3.05, 3.63) is 6.20 Å². The maximum Gasteiger partial charge on any atom is 0.244 e. The van der Waals surface area contributed by atoms with Crippen LogP contribution in [0.3, 0.4) is 0 Å². The molecular weight excluding hydrogens is 242 g/mol. The second kappa shape index (κ2) is 6.14. The van der Waals surface area contributed by atoms with Crippen LogP contribution in [0.1, 0.15) is 38.5 Å². The zero-order valence-electron chi connectivity index (χ0n) is 11.1. The molecule has 0 bridgehead atoms. The minimum atomic E-state index is 0.287. The molecule has 6 nitrogen and oxygen atoms in total. The first-order chi connectivity index (χ1) is 9.40. The average Bonchev–Trinajstić information content (AvgIpc) is 3.10. The van der Waals surface area contributed by atoms with Crippen molar-refractivity contribution >= 4 is 11.8 Å². The van der Waals surface area contributed by atoms with Crippen LogP contribution >= 0.6 is 0 Å². The summed E-state index contributed by atoms with van der Waals surface area (Å²) in [7, 11) is 0.